The Morgan fingerprint density at radius 1 is 0.319 bits per heavy atom. The van der Waals surface area contributed by atoms with Crippen molar-refractivity contribution in [1.82, 2.24) is 0 Å². The Hall–Kier alpha value is -3.70. The van der Waals surface area contributed by atoms with E-state index in [1.165, 1.54) is 109 Å². The van der Waals surface area contributed by atoms with Gasteiger partial charge in [-0.2, -0.15) is 0 Å². The summed E-state index contributed by atoms with van der Waals surface area (Å²) in [5.41, 5.74) is 0. The third kappa shape index (κ3) is 58.9. The van der Waals surface area contributed by atoms with Crippen LogP contribution in [0.3, 0.4) is 0 Å². The lowest BCUT2D eigenvalue weighted by Crippen LogP contribution is -2.30. The van der Waals surface area contributed by atoms with Crippen LogP contribution in [-0.2, 0) is 23.8 Å². The van der Waals surface area contributed by atoms with Crippen LogP contribution in [-0.4, -0.2) is 37.9 Å². The normalized spacial score (nSPS) is 13.1. The summed E-state index contributed by atoms with van der Waals surface area (Å²) < 4.78 is 17.4. The molecule has 5 heteroatoms. The first kappa shape index (κ1) is 68.3. The third-order valence-corrected chi connectivity index (χ3v) is 12.5. The first-order chi connectivity index (χ1) is 35.6. The summed E-state index contributed by atoms with van der Waals surface area (Å²) in [4.78, 5) is 25.6. The van der Waals surface area contributed by atoms with Gasteiger partial charge in [0, 0.05) is 19.4 Å². The van der Waals surface area contributed by atoms with Crippen LogP contribution in [0.1, 0.15) is 265 Å². The van der Waals surface area contributed by atoms with E-state index in [2.05, 4.69) is 142 Å². The van der Waals surface area contributed by atoms with Crippen LogP contribution < -0.4 is 0 Å². The summed E-state index contributed by atoms with van der Waals surface area (Å²) in [5.74, 6) is -0.443. The van der Waals surface area contributed by atoms with E-state index in [0.717, 1.165) is 122 Å². The van der Waals surface area contributed by atoms with E-state index in [0.29, 0.717) is 19.4 Å². The number of hydrogen-bond acceptors (Lipinski definition) is 5. The number of hydrogen-bond donors (Lipinski definition) is 0. The molecule has 0 aliphatic heterocycles. The monoisotopic (exact) mass is 997 g/mol. The summed E-state index contributed by atoms with van der Waals surface area (Å²) in [6.07, 6.45) is 86.6. The van der Waals surface area contributed by atoms with Crippen LogP contribution >= 0.6 is 0 Å². The average Bonchev–Trinajstić information content (AvgIpc) is 3.38. The molecule has 0 aliphatic carbocycles. The minimum Gasteiger partial charge on any atom is -0.462 e. The van der Waals surface area contributed by atoms with Crippen LogP contribution in [0.5, 0.6) is 0 Å². The predicted octanol–water partition coefficient (Wildman–Crippen LogP) is 20.9. The van der Waals surface area contributed by atoms with E-state index < -0.39 is 6.10 Å². The van der Waals surface area contributed by atoms with Crippen LogP contribution in [0.25, 0.3) is 0 Å². The van der Waals surface area contributed by atoms with Gasteiger partial charge in [0.25, 0.3) is 0 Å². The Labute approximate surface area is 446 Å². The number of ether oxygens (including phenoxy) is 3. The number of unbranched alkanes of at least 4 members (excludes halogenated alkanes) is 23. The molecule has 0 heterocycles. The lowest BCUT2D eigenvalue weighted by molar-refractivity contribution is -0.163. The summed E-state index contributed by atoms with van der Waals surface area (Å²) in [6, 6.07) is 0. The Morgan fingerprint density at radius 3 is 1.00 bits per heavy atom. The first-order valence-electron chi connectivity index (χ1n) is 30.1. The van der Waals surface area contributed by atoms with E-state index in [4.69, 9.17) is 14.2 Å². The maximum Gasteiger partial charge on any atom is 0.306 e. The zero-order valence-electron chi connectivity index (χ0n) is 47.2. The molecule has 0 saturated heterocycles. The molecule has 1 atom stereocenters. The fourth-order valence-corrected chi connectivity index (χ4v) is 8.11. The van der Waals surface area contributed by atoms with Crippen molar-refractivity contribution in [2.75, 3.05) is 19.8 Å². The van der Waals surface area contributed by atoms with E-state index in [9.17, 15) is 9.59 Å². The maximum absolute atomic E-state index is 12.9. The first-order valence-corrected chi connectivity index (χ1v) is 30.1. The zero-order chi connectivity index (χ0) is 52.0. The lowest BCUT2D eigenvalue weighted by Gasteiger charge is -2.18. The van der Waals surface area contributed by atoms with Crippen LogP contribution in [0.15, 0.2) is 122 Å². The van der Waals surface area contributed by atoms with Crippen molar-refractivity contribution in [3.8, 4) is 0 Å². The second-order valence-electron chi connectivity index (χ2n) is 19.5. The van der Waals surface area contributed by atoms with E-state index in [-0.39, 0.29) is 25.2 Å². The molecule has 0 rings (SSSR count). The topological polar surface area (TPSA) is 61.8 Å². The second-order valence-corrected chi connectivity index (χ2v) is 19.5. The molecule has 0 aliphatic rings. The fraction of sp³-hybridized carbons (Fsp3) is 0.672. The van der Waals surface area contributed by atoms with Crippen molar-refractivity contribution >= 4 is 11.9 Å². The Bertz CT molecular complexity index is 1450. The largest absolute Gasteiger partial charge is 0.462 e. The van der Waals surface area contributed by atoms with Gasteiger partial charge in [-0.3, -0.25) is 9.59 Å². The van der Waals surface area contributed by atoms with Crippen molar-refractivity contribution < 1.29 is 23.8 Å². The SMILES string of the molecule is CC/C=C\C/C=C\C/C=C\C/C=C\C/C=C\C/C=C\CCCOCC(COC(=O)CCCCCCCC/C=C\C/C=C\C/C=C\C/C=C\CC)OC(=O)CCCCCCCCCCCCCCCCCCC. The van der Waals surface area contributed by atoms with Crippen LogP contribution in [0.4, 0.5) is 0 Å². The number of rotatable bonds is 54. The van der Waals surface area contributed by atoms with E-state index in [1.807, 2.05) is 0 Å². The average molecular weight is 998 g/mol. The van der Waals surface area contributed by atoms with Crippen molar-refractivity contribution in [3.63, 3.8) is 0 Å². The van der Waals surface area contributed by atoms with E-state index >= 15 is 0 Å². The van der Waals surface area contributed by atoms with Crippen molar-refractivity contribution in [2.24, 2.45) is 0 Å². The molecule has 0 fully saturated rings. The molecule has 0 bridgehead atoms. The summed E-state index contributed by atoms with van der Waals surface area (Å²) >= 11 is 0. The Balaban J connectivity index is 4.42. The van der Waals surface area contributed by atoms with Crippen molar-refractivity contribution in [3.05, 3.63) is 122 Å². The van der Waals surface area contributed by atoms with Gasteiger partial charge in [-0.25, -0.2) is 0 Å². The highest BCUT2D eigenvalue weighted by molar-refractivity contribution is 5.70. The molecule has 72 heavy (non-hydrogen) atoms. The van der Waals surface area contributed by atoms with Gasteiger partial charge < -0.3 is 14.2 Å². The molecule has 0 aromatic carbocycles. The number of esters is 2. The number of carbonyl (C=O) groups excluding carboxylic acids is 2. The molecule has 1 unspecified atom stereocenters. The molecule has 5 nitrogen and oxygen atoms in total. The molecular weight excluding hydrogens is 885 g/mol. The van der Waals surface area contributed by atoms with Gasteiger partial charge in [-0.05, 0) is 103 Å². The van der Waals surface area contributed by atoms with Gasteiger partial charge in [-0.15, -0.1) is 0 Å². The molecule has 0 saturated carbocycles. The highest BCUT2D eigenvalue weighted by Gasteiger charge is 2.17. The molecule has 0 N–H and O–H groups in total. The third-order valence-electron chi connectivity index (χ3n) is 12.5. The highest BCUT2D eigenvalue weighted by atomic mass is 16.6. The predicted molar refractivity (Wildman–Crippen MR) is 316 cm³/mol. The van der Waals surface area contributed by atoms with Gasteiger partial charge in [0.2, 0.25) is 0 Å². The zero-order valence-corrected chi connectivity index (χ0v) is 47.2. The minimum atomic E-state index is -0.580. The molecule has 0 aromatic heterocycles. The van der Waals surface area contributed by atoms with Crippen LogP contribution in [0.2, 0.25) is 0 Å². The molecule has 0 radical (unpaired) electrons. The second kappa shape index (κ2) is 61.6. The van der Waals surface area contributed by atoms with Gasteiger partial charge in [-0.1, -0.05) is 271 Å². The molecule has 0 aromatic rings. The molecular formula is C67H112O5. The molecule has 0 spiro atoms. The van der Waals surface area contributed by atoms with Crippen molar-refractivity contribution in [1.29, 1.82) is 0 Å². The van der Waals surface area contributed by atoms with E-state index in [1.54, 1.807) is 0 Å². The van der Waals surface area contributed by atoms with Crippen LogP contribution in [0, 0.1) is 0 Å². The maximum atomic E-state index is 12.9. The van der Waals surface area contributed by atoms with Crippen molar-refractivity contribution in [2.45, 2.75) is 271 Å². The summed E-state index contributed by atoms with van der Waals surface area (Å²) in [7, 11) is 0. The number of allylic oxidation sites excluding steroid dienone is 20. The fourth-order valence-electron chi connectivity index (χ4n) is 8.11. The highest BCUT2D eigenvalue weighted by Crippen LogP contribution is 2.16. The standard InChI is InChI=1S/C67H112O5/c1-4-7-10-13-16-19-22-25-28-31-33-35-38-41-44-47-50-53-56-59-62-70-63-65(72-67(69)61-58-55-52-49-46-43-40-36-30-27-24-21-18-15-12-9-6-3)64-71-66(68)60-57-54-51-48-45-42-39-37-34-32-29-26-23-20-17-14-11-8-5-2/h7-8,10-11,16-17,19-20,25-26,28-29,33-35,37,41,44,50,53,65H,4-6,9,12-15,18,21-24,27,30-32,36,38-40,42-43,45-49,51-52,54-64H2,1-3H3/b10-7-,11-8-,19-16-,20-17-,28-25-,29-26-,35-33-,37-34-,44-41-,53-50-. The Kier molecular flexibility index (Phi) is 58.4. The summed E-state index contributed by atoms with van der Waals surface area (Å²) in [6.45, 7) is 7.46. The summed E-state index contributed by atoms with van der Waals surface area (Å²) in [5, 5.41) is 0. The molecule has 0 amide bonds. The lowest BCUT2D eigenvalue weighted by atomic mass is 10.0. The van der Waals surface area contributed by atoms with Gasteiger partial charge in [0.15, 0.2) is 6.10 Å². The molecule has 410 valence electrons. The van der Waals surface area contributed by atoms with Gasteiger partial charge in [0.05, 0.1) is 6.61 Å². The van der Waals surface area contributed by atoms with Gasteiger partial charge in [0.1, 0.15) is 6.61 Å². The quantitative estimate of drug-likeness (QED) is 0.0345. The minimum absolute atomic E-state index is 0.0497. The smallest absolute Gasteiger partial charge is 0.306 e. The Morgan fingerprint density at radius 2 is 0.625 bits per heavy atom. The van der Waals surface area contributed by atoms with Gasteiger partial charge >= 0.3 is 11.9 Å². The number of carbonyl (C=O) groups is 2.